The number of aromatic nitrogens is 4. The molecule has 3 heterocycles. The molecule has 0 saturated carbocycles. The average molecular weight is 399 g/mol. The highest BCUT2D eigenvalue weighted by Gasteiger charge is 2.22. The molecule has 0 aliphatic carbocycles. The standard InChI is InChI=1S/C19H21N5O3S/c1-12-13(2)28-18(21-12)7-8-20-19(25)15-10-24(23-22-15)9-14-11-26-16-5-3-4-6-17(16)27-14/h3-6,10,14H,7-9,11H2,1-2H3,(H,20,25)/t14-/m0/s1. The van der Waals surface area contributed by atoms with Crippen molar-refractivity contribution in [2.24, 2.45) is 0 Å². The van der Waals surface area contributed by atoms with Gasteiger partial charge in [0, 0.05) is 17.8 Å². The minimum atomic E-state index is -0.248. The monoisotopic (exact) mass is 399 g/mol. The van der Waals surface area contributed by atoms with Gasteiger partial charge >= 0.3 is 0 Å². The number of para-hydroxylation sites is 2. The summed E-state index contributed by atoms with van der Waals surface area (Å²) in [6.45, 7) is 5.42. The van der Waals surface area contributed by atoms with Gasteiger partial charge in [0.1, 0.15) is 6.61 Å². The minimum absolute atomic E-state index is 0.191. The summed E-state index contributed by atoms with van der Waals surface area (Å²) >= 11 is 1.66. The molecule has 0 saturated heterocycles. The van der Waals surface area contributed by atoms with Crippen LogP contribution < -0.4 is 14.8 Å². The van der Waals surface area contributed by atoms with Crippen LogP contribution >= 0.6 is 11.3 Å². The first-order valence-electron chi connectivity index (χ1n) is 9.08. The second-order valence-corrected chi connectivity index (χ2v) is 7.87. The van der Waals surface area contributed by atoms with Crippen molar-refractivity contribution in [3.8, 4) is 11.5 Å². The van der Waals surface area contributed by atoms with E-state index in [9.17, 15) is 4.79 Å². The zero-order valence-electron chi connectivity index (χ0n) is 15.7. The van der Waals surface area contributed by atoms with Gasteiger partial charge in [0.25, 0.3) is 5.91 Å². The molecule has 1 N–H and O–H groups in total. The largest absolute Gasteiger partial charge is 0.486 e. The highest BCUT2D eigenvalue weighted by atomic mass is 32.1. The van der Waals surface area contributed by atoms with Crippen LogP contribution in [0.25, 0.3) is 0 Å². The highest BCUT2D eigenvalue weighted by molar-refractivity contribution is 7.11. The number of carbonyl (C=O) groups excluding carboxylic acids is 1. The summed E-state index contributed by atoms with van der Waals surface area (Å²) in [7, 11) is 0. The summed E-state index contributed by atoms with van der Waals surface area (Å²) < 4.78 is 13.2. The molecular weight excluding hydrogens is 378 g/mol. The molecule has 8 nitrogen and oxygen atoms in total. The zero-order valence-corrected chi connectivity index (χ0v) is 16.5. The Labute approximate surface area is 166 Å². The quantitative estimate of drug-likeness (QED) is 0.683. The number of nitrogens with zero attached hydrogens (tertiary/aromatic N) is 4. The Morgan fingerprint density at radius 2 is 2.14 bits per heavy atom. The van der Waals surface area contributed by atoms with Gasteiger partial charge in [-0.1, -0.05) is 17.3 Å². The number of benzene rings is 1. The van der Waals surface area contributed by atoms with Gasteiger partial charge in [0.2, 0.25) is 0 Å². The topological polar surface area (TPSA) is 91.2 Å². The van der Waals surface area contributed by atoms with Gasteiger partial charge in [-0.25, -0.2) is 9.67 Å². The number of ether oxygens (including phenoxy) is 2. The maximum atomic E-state index is 12.3. The molecule has 1 aromatic carbocycles. The summed E-state index contributed by atoms with van der Waals surface area (Å²) in [4.78, 5) is 18.0. The van der Waals surface area contributed by atoms with Gasteiger partial charge < -0.3 is 14.8 Å². The Kier molecular flexibility index (Phi) is 5.25. The number of hydrogen-bond donors (Lipinski definition) is 1. The number of hydrogen-bond acceptors (Lipinski definition) is 7. The number of rotatable bonds is 6. The highest BCUT2D eigenvalue weighted by Crippen LogP contribution is 2.31. The number of fused-ring (bicyclic) bond motifs is 1. The van der Waals surface area contributed by atoms with Crippen molar-refractivity contribution < 1.29 is 14.3 Å². The Morgan fingerprint density at radius 3 is 2.93 bits per heavy atom. The minimum Gasteiger partial charge on any atom is -0.486 e. The molecule has 0 spiro atoms. The Balaban J connectivity index is 1.28. The van der Waals surface area contributed by atoms with Gasteiger partial charge in [0.15, 0.2) is 23.3 Å². The van der Waals surface area contributed by atoms with Crippen LogP contribution in [0, 0.1) is 13.8 Å². The number of nitrogens with one attached hydrogen (secondary N) is 1. The predicted octanol–water partition coefficient (Wildman–Crippen LogP) is 2.16. The van der Waals surface area contributed by atoms with Crippen molar-refractivity contribution in [3.05, 3.63) is 51.7 Å². The lowest BCUT2D eigenvalue weighted by molar-refractivity contribution is 0.0754. The number of amides is 1. The van der Waals surface area contributed by atoms with E-state index in [1.807, 2.05) is 38.1 Å². The molecule has 0 radical (unpaired) electrons. The van der Waals surface area contributed by atoms with Crippen LogP contribution in [0.4, 0.5) is 0 Å². The first-order valence-corrected chi connectivity index (χ1v) is 9.90. The fraction of sp³-hybridized carbons (Fsp3) is 0.368. The third kappa shape index (κ3) is 4.14. The summed E-state index contributed by atoms with van der Waals surface area (Å²) in [6.07, 6.45) is 2.13. The van der Waals surface area contributed by atoms with Crippen molar-refractivity contribution in [1.82, 2.24) is 25.3 Å². The van der Waals surface area contributed by atoms with E-state index in [0.717, 1.165) is 16.5 Å². The first kappa shape index (κ1) is 18.4. The van der Waals surface area contributed by atoms with E-state index in [1.165, 1.54) is 4.88 Å². The molecule has 146 valence electrons. The van der Waals surface area contributed by atoms with Gasteiger partial charge in [-0.3, -0.25) is 4.79 Å². The van der Waals surface area contributed by atoms with Crippen LogP contribution in [0.1, 0.15) is 26.1 Å². The van der Waals surface area contributed by atoms with Crippen molar-refractivity contribution in [2.75, 3.05) is 13.2 Å². The van der Waals surface area contributed by atoms with Crippen molar-refractivity contribution in [2.45, 2.75) is 32.9 Å². The maximum Gasteiger partial charge on any atom is 0.273 e. The van der Waals surface area contributed by atoms with Crippen molar-refractivity contribution >= 4 is 17.2 Å². The SMILES string of the molecule is Cc1nc(CCNC(=O)c2cn(C[C@H]3COc4ccccc4O3)nn2)sc1C. The van der Waals surface area contributed by atoms with Crippen LogP contribution in [-0.4, -0.2) is 45.1 Å². The van der Waals surface area contributed by atoms with Crippen LogP contribution in [0.5, 0.6) is 11.5 Å². The van der Waals surface area contributed by atoms with E-state index >= 15 is 0 Å². The molecule has 1 aliphatic heterocycles. The summed E-state index contributed by atoms with van der Waals surface area (Å²) in [5.74, 6) is 1.20. The molecular formula is C19H21N5O3S. The van der Waals surface area contributed by atoms with Gasteiger partial charge in [0.05, 0.1) is 23.4 Å². The van der Waals surface area contributed by atoms with Crippen LogP contribution in [0.15, 0.2) is 30.5 Å². The molecule has 1 amide bonds. The van der Waals surface area contributed by atoms with E-state index < -0.39 is 0 Å². The molecule has 0 fully saturated rings. The smallest absolute Gasteiger partial charge is 0.273 e. The Bertz CT molecular complexity index is 964. The lowest BCUT2D eigenvalue weighted by atomic mass is 10.2. The maximum absolute atomic E-state index is 12.3. The number of carbonyl (C=O) groups is 1. The Morgan fingerprint density at radius 1 is 1.32 bits per heavy atom. The zero-order chi connectivity index (χ0) is 19.5. The summed E-state index contributed by atoms with van der Waals surface area (Å²) in [6, 6.07) is 7.55. The van der Waals surface area contributed by atoms with Gasteiger partial charge in [-0.2, -0.15) is 0 Å². The fourth-order valence-electron chi connectivity index (χ4n) is 2.87. The van der Waals surface area contributed by atoms with Crippen molar-refractivity contribution in [3.63, 3.8) is 0 Å². The molecule has 1 aliphatic rings. The molecule has 1 atom stereocenters. The van der Waals surface area contributed by atoms with Crippen LogP contribution in [-0.2, 0) is 13.0 Å². The molecule has 0 bridgehead atoms. The molecule has 2 aromatic heterocycles. The molecule has 0 unspecified atom stereocenters. The number of aryl methyl sites for hydroxylation is 2. The average Bonchev–Trinajstić information content (AvgIpc) is 3.28. The van der Waals surface area contributed by atoms with Gasteiger partial charge in [-0.05, 0) is 26.0 Å². The van der Waals surface area contributed by atoms with E-state index in [1.54, 1.807) is 22.2 Å². The molecule has 3 aromatic rings. The summed E-state index contributed by atoms with van der Waals surface area (Å²) in [5, 5.41) is 11.9. The number of thiazole rings is 1. The summed E-state index contributed by atoms with van der Waals surface area (Å²) in [5.41, 5.74) is 1.33. The first-order chi connectivity index (χ1) is 13.6. The lowest BCUT2D eigenvalue weighted by Gasteiger charge is -2.26. The third-order valence-corrected chi connectivity index (χ3v) is 5.56. The molecule has 9 heteroatoms. The van der Waals surface area contributed by atoms with Crippen molar-refractivity contribution in [1.29, 1.82) is 0 Å². The second kappa shape index (κ2) is 7.97. The second-order valence-electron chi connectivity index (χ2n) is 6.58. The normalized spacial score (nSPS) is 15.4. The van der Waals surface area contributed by atoms with Crippen LogP contribution in [0.2, 0.25) is 0 Å². The predicted molar refractivity (Wildman–Crippen MR) is 104 cm³/mol. The third-order valence-electron chi connectivity index (χ3n) is 4.43. The molecule has 28 heavy (non-hydrogen) atoms. The lowest BCUT2D eigenvalue weighted by Crippen LogP contribution is -2.33. The fourth-order valence-corrected chi connectivity index (χ4v) is 3.81. The van der Waals surface area contributed by atoms with E-state index in [-0.39, 0.29) is 17.7 Å². The van der Waals surface area contributed by atoms with E-state index in [0.29, 0.717) is 31.9 Å². The van der Waals surface area contributed by atoms with Gasteiger partial charge in [-0.15, -0.1) is 16.4 Å². The van der Waals surface area contributed by atoms with E-state index in [4.69, 9.17) is 9.47 Å². The van der Waals surface area contributed by atoms with E-state index in [2.05, 4.69) is 20.6 Å². The Hall–Kier alpha value is -2.94. The van der Waals surface area contributed by atoms with Crippen LogP contribution in [0.3, 0.4) is 0 Å². The molecule has 4 rings (SSSR count).